The molecule has 1 atom stereocenters. The molecule has 1 saturated heterocycles. The molecule has 0 aromatic rings. The van der Waals surface area contributed by atoms with Crippen LogP contribution in [0.3, 0.4) is 0 Å². The van der Waals surface area contributed by atoms with Gasteiger partial charge in [-0.3, -0.25) is 0 Å². The molecule has 0 aliphatic carbocycles. The fourth-order valence-electron chi connectivity index (χ4n) is 1.18. The highest BCUT2D eigenvalue weighted by molar-refractivity contribution is 5.56. The largest absolute Gasteiger partial charge is 0.310 e. The third-order valence-corrected chi connectivity index (χ3v) is 1.79. The fraction of sp³-hybridized carbons (Fsp3) is 0.714. The van der Waals surface area contributed by atoms with E-state index in [2.05, 4.69) is 5.32 Å². The summed E-state index contributed by atoms with van der Waals surface area (Å²) in [6.07, 6.45) is 0. The zero-order valence-corrected chi connectivity index (χ0v) is 6.16. The standard InChI is InChI=1S/C7H9F2NO/c1-5-2-10-4-7(8,9)6(5)3-11/h5,10H,2,4H2,1H3. The van der Waals surface area contributed by atoms with Gasteiger partial charge in [0, 0.05) is 12.5 Å². The van der Waals surface area contributed by atoms with Crippen molar-refractivity contribution in [2.45, 2.75) is 12.8 Å². The van der Waals surface area contributed by atoms with Crippen molar-refractivity contribution < 1.29 is 13.6 Å². The van der Waals surface area contributed by atoms with Gasteiger partial charge in [0.2, 0.25) is 0 Å². The Morgan fingerprint density at radius 2 is 2.36 bits per heavy atom. The molecule has 0 spiro atoms. The number of rotatable bonds is 0. The lowest BCUT2D eigenvalue weighted by Gasteiger charge is -2.28. The molecular formula is C7H9F2NO. The van der Waals surface area contributed by atoms with Gasteiger partial charge < -0.3 is 5.32 Å². The van der Waals surface area contributed by atoms with Gasteiger partial charge in [-0.15, -0.1) is 0 Å². The van der Waals surface area contributed by atoms with E-state index in [1.54, 1.807) is 6.92 Å². The van der Waals surface area contributed by atoms with Gasteiger partial charge in [0.15, 0.2) is 0 Å². The highest BCUT2D eigenvalue weighted by Gasteiger charge is 2.41. The number of carbonyl (C=O) groups excluding carboxylic acids is 1. The van der Waals surface area contributed by atoms with Gasteiger partial charge >= 0.3 is 0 Å². The molecule has 0 bridgehead atoms. The predicted octanol–water partition coefficient (Wildman–Crippen LogP) is 0.619. The molecule has 1 rings (SSSR count). The van der Waals surface area contributed by atoms with E-state index >= 15 is 0 Å². The van der Waals surface area contributed by atoms with Gasteiger partial charge in [-0.2, -0.15) is 8.78 Å². The van der Waals surface area contributed by atoms with Crippen molar-refractivity contribution in [3.8, 4) is 0 Å². The summed E-state index contributed by atoms with van der Waals surface area (Å²) in [4.78, 5) is 10.1. The second-order valence-corrected chi connectivity index (χ2v) is 2.75. The predicted molar refractivity (Wildman–Crippen MR) is 36.2 cm³/mol. The van der Waals surface area contributed by atoms with E-state index in [-0.39, 0.29) is 0 Å². The first-order chi connectivity index (χ1) is 5.08. The number of hydrogen-bond acceptors (Lipinski definition) is 2. The summed E-state index contributed by atoms with van der Waals surface area (Å²) in [6.45, 7) is 1.57. The van der Waals surface area contributed by atoms with Crippen LogP contribution in [-0.4, -0.2) is 25.0 Å². The molecule has 1 aliphatic rings. The van der Waals surface area contributed by atoms with Gasteiger partial charge in [-0.25, -0.2) is 4.79 Å². The van der Waals surface area contributed by atoms with Crippen LogP contribution >= 0.6 is 0 Å². The molecule has 1 aliphatic heterocycles. The van der Waals surface area contributed by atoms with Crippen molar-refractivity contribution in [3.05, 3.63) is 5.57 Å². The zero-order valence-electron chi connectivity index (χ0n) is 6.16. The molecule has 1 heterocycles. The number of nitrogens with one attached hydrogen (secondary N) is 1. The first-order valence-corrected chi connectivity index (χ1v) is 3.42. The maximum atomic E-state index is 12.8. The summed E-state index contributed by atoms with van der Waals surface area (Å²) in [5.41, 5.74) is -0.406. The smallest absolute Gasteiger partial charge is 0.292 e. The quantitative estimate of drug-likeness (QED) is 0.527. The summed E-state index contributed by atoms with van der Waals surface area (Å²) < 4.78 is 25.5. The minimum Gasteiger partial charge on any atom is -0.310 e. The molecule has 2 nitrogen and oxygen atoms in total. The third kappa shape index (κ3) is 1.47. The number of halogens is 2. The van der Waals surface area contributed by atoms with E-state index in [9.17, 15) is 13.6 Å². The monoisotopic (exact) mass is 161 g/mol. The van der Waals surface area contributed by atoms with E-state index in [0.717, 1.165) is 0 Å². The summed E-state index contributed by atoms with van der Waals surface area (Å²) >= 11 is 0. The lowest BCUT2D eigenvalue weighted by Crippen LogP contribution is -2.45. The van der Waals surface area contributed by atoms with Crippen LogP contribution in [0.15, 0.2) is 5.57 Å². The van der Waals surface area contributed by atoms with Crippen LogP contribution < -0.4 is 5.32 Å². The number of hydrogen-bond donors (Lipinski definition) is 1. The van der Waals surface area contributed by atoms with Crippen LogP contribution in [0.4, 0.5) is 8.78 Å². The van der Waals surface area contributed by atoms with Crippen molar-refractivity contribution >= 4 is 5.94 Å². The molecule has 1 N–H and O–H groups in total. The fourth-order valence-corrected chi connectivity index (χ4v) is 1.18. The molecule has 0 radical (unpaired) electrons. The Labute approximate surface area is 63.3 Å². The Morgan fingerprint density at radius 1 is 1.73 bits per heavy atom. The van der Waals surface area contributed by atoms with Gasteiger partial charge in [0.05, 0.1) is 12.1 Å². The third-order valence-electron chi connectivity index (χ3n) is 1.79. The van der Waals surface area contributed by atoms with E-state index in [0.29, 0.717) is 6.54 Å². The Bertz CT molecular complexity index is 208. The molecule has 0 amide bonds. The first kappa shape index (κ1) is 8.37. The second-order valence-electron chi connectivity index (χ2n) is 2.75. The van der Waals surface area contributed by atoms with Crippen molar-refractivity contribution in [3.63, 3.8) is 0 Å². The summed E-state index contributed by atoms with van der Waals surface area (Å²) in [5, 5.41) is 2.54. The Morgan fingerprint density at radius 3 is 2.73 bits per heavy atom. The van der Waals surface area contributed by atoms with Gasteiger partial charge in [0.1, 0.15) is 5.94 Å². The molecule has 0 saturated carbocycles. The normalized spacial score (nSPS) is 29.7. The van der Waals surface area contributed by atoms with E-state index in [1.807, 2.05) is 0 Å². The molecule has 4 heteroatoms. The van der Waals surface area contributed by atoms with Gasteiger partial charge in [0.25, 0.3) is 5.92 Å². The van der Waals surface area contributed by atoms with E-state index in [4.69, 9.17) is 0 Å². The maximum absolute atomic E-state index is 12.8. The highest BCUT2D eigenvalue weighted by Crippen LogP contribution is 2.29. The zero-order chi connectivity index (χ0) is 8.48. The molecular weight excluding hydrogens is 152 g/mol. The van der Waals surface area contributed by atoms with Crippen LogP contribution in [0, 0.1) is 5.92 Å². The SMILES string of the molecule is CC1CNCC(F)(F)C1=C=O. The van der Waals surface area contributed by atoms with Crippen LogP contribution in [-0.2, 0) is 4.79 Å². The Hall–Kier alpha value is -0.730. The number of piperidine rings is 1. The summed E-state index contributed by atoms with van der Waals surface area (Å²) in [6, 6.07) is 0. The Kier molecular flexibility index (Phi) is 2.07. The molecule has 0 aromatic carbocycles. The maximum Gasteiger partial charge on any atom is 0.292 e. The van der Waals surface area contributed by atoms with Gasteiger partial charge in [-0.1, -0.05) is 6.92 Å². The number of alkyl halides is 2. The molecule has 11 heavy (non-hydrogen) atoms. The van der Waals surface area contributed by atoms with Crippen LogP contribution in [0.5, 0.6) is 0 Å². The van der Waals surface area contributed by atoms with E-state index in [1.165, 1.54) is 5.94 Å². The lowest BCUT2D eigenvalue weighted by atomic mass is 9.93. The van der Waals surface area contributed by atoms with Crippen LogP contribution in [0.2, 0.25) is 0 Å². The molecule has 1 fully saturated rings. The van der Waals surface area contributed by atoms with Crippen molar-refractivity contribution in [2.75, 3.05) is 13.1 Å². The molecule has 62 valence electrons. The van der Waals surface area contributed by atoms with Crippen LogP contribution in [0.1, 0.15) is 6.92 Å². The first-order valence-electron chi connectivity index (χ1n) is 3.42. The summed E-state index contributed by atoms with van der Waals surface area (Å²) in [7, 11) is 0. The van der Waals surface area contributed by atoms with Gasteiger partial charge in [-0.05, 0) is 0 Å². The summed E-state index contributed by atoms with van der Waals surface area (Å²) in [5.74, 6) is -2.09. The Balaban J connectivity index is 2.90. The minimum absolute atomic E-state index is 0.406. The molecule has 1 unspecified atom stereocenters. The van der Waals surface area contributed by atoms with Crippen LogP contribution in [0.25, 0.3) is 0 Å². The lowest BCUT2D eigenvalue weighted by molar-refractivity contribution is 0.0200. The van der Waals surface area contributed by atoms with Crippen molar-refractivity contribution in [1.29, 1.82) is 0 Å². The topological polar surface area (TPSA) is 29.1 Å². The average molecular weight is 161 g/mol. The highest BCUT2D eigenvalue weighted by atomic mass is 19.3. The second kappa shape index (κ2) is 2.72. The average Bonchev–Trinajstić information content (AvgIpc) is 1.86. The van der Waals surface area contributed by atoms with Crippen molar-refractivity contribution in [1.82, 2.24) is 5.32 Å². The van der Waals surface area contributed by atoms with Crippen molar-refractivity contribution in [2.24, 2.45) is 5.92 Å². The molecule has 0 aromatic heterocycles. The minimum atomic E-state index is -3.00. The van der Waals surface area contributed by atoms with E-state index < -0.39 is 24.0 Å².